The summed E-state index contributed by atoms with van der Waals surface area (Å²) < 4.78 is 10.7. The highest BCUT2D eigenvalue weighted by Crippen LogP contribution is 2.28. The van der Waals surface area contributed by atoms with Gasteiger partial charge in [-0.3, -0.25) is 0 Å². The third-order valence-corrected chi connectivity index (χ3v) is 10.7. The summed E-state index contributed by atoms with van der Waals surface area (Å²) in [4.78, 5) is 46.4. The van der Waals surface area contributed by atoms with E-state index in [9.17, 15) is 24.3 Å². The molecule has 0 saturated carbocycles. The number of aliphatic carboxylic acids is 2. The van der Waals surface area contributed by atoms with Crippen LogP contribution in [0.5, 0.6) is 11.5 Å². The van der Waals surface area contributed by atoms with Crippen LogP contribution in [-0.2, 0) is 35.8 Å². The minimum absolute atomic E-state index is 0.338. The first-order chi connectivity index (χ1) is 25.9. The molecule has 2 atom stereocenters. The molecule has 0 aliphatic carbocycles. The largest absolute Gasteiger partial charge is 0.545 e. The highest BCUT2D eigenvalue weighted by atomic mass is 32.2. The van der Waals surface area contributed by atoms with Crippen LogP contribution >= 0.6 is 23.5 Å². The van der Waals surface area contributed by atoms with Crippen LogP contribution in [0.2, 0.25) is 0 Å². The average Bonchev–Trinajstić information content (AvgIpc) is 3.49. The van der Waals surface area contributed by atoms with Crippen LogP contribution in [0, 0.1) is 0 Å². The van der Waals surface area contributed by atoms with Crippen molar-refractivity contribution < 1.29 is 58.9 Å². The Morgan fingerprint density at radius 2 is 1.06 bits per heavy atom. The number of rotatable bonds is 10. The van der Waals surface area contributed by atoms with Crippen molar-refractivity contribution in [3.8, 4) is 11.5 Å². The molecule has 5 N–H and O–H groups in total. The molecule has 2 heterocycles. The van der Waals surface area contributed by atoms with Crippen LogP contribution in [0.15, 0.2) is 107 Å². The van der Waals surface area contributed by atoms with E-state index in [1.807, 2.05) is 59.9 Å². The van der Waals surface area contributed by atoms with Crippen LogP contribution in [0.1, 0.15) is 43.0 Å². The van der Waals surface area contributed by atoms with Crippen molar-refractivity contribution in [2.45, 2.75) is 36.0 Å². The molecule has 2 aliphatic heterocycles. The quantitative estimate of drug-likeness (QED) is 0.149. The molecule has 0 bridgehead atoms. The van der Waals surface area contributed by atoms with E-state index in [0.29, 0.717) is 23.3 Å². The van der Waals surface area contributed by atoms with E-state index in [0.717, 1.165) is 62.3 Å². The predicted octanol–water partition coefficient (Wildman–Crippen LogP) is 2.55. The van der Waals surface area contributed by atoms with Crippen molar-refractivity contribution in [2.24, 2.45) is 0 Å². The van der Waals surface area contributed by atoms with Gasteiger partial charge in [0.1, 0.15) is 37.7 Å². The topological polar surface area (TPSA) is 179 Å². The van der Waals surface area contributed by atoms with Crippen molar-refractivity contribution in [3.05, 3.63) is 130 Å². The third kappa shape index (κ3) is 13.3. The summed E-state index contributed by atoms with van der Waals surface area (Å²) in [5, 5.41) is 35.2. The second-order valence-corrected chi connectivity index (χ2v) is 14.6. The van der Waals surface area contributed by atoms with Gasteiger partial charge >= 0.3 is 17.9 Å². The van der Waals surface area contributed by atoms with Crippen LogP contribution in [0.3, 0.4) is 0 Å². The van der Waals surface area contributed by atoms with E-state index in [1.54, 1.807) is 38.5 Å². The highest BCUT2D eigenvalue weighted by molar-refractivity contribution is 7.99. The van der Waals surface area contributed by atoms with E-state index in [4.69, 9.17) is 24.8 Å². The van der Waals surface area contributed by atoms with E-state index >= 15 is 0 Å². The fourth-order valence-electron chi connectivity index (χ4n) is 5.80. The molecular weight excluding hydrogens is 733 g/mol. The number of carbonyl (C=O) groups excluding carboxylic acids is 1. The van der Waals surface area contributed by atoms with E-state index in [1.165, 1.54) is 41.8 Å². The van der Waals surface area contributed by atoms with Crippen LogP contribution in [-0.4, -0.2) is 78.0 Å². The first kappa shape index (κ1) is 41.5. The fraction of sp³-hybridized carbons (Fsp3) is 0.250. The minimum Gasteiger partial charge on any atom is -0.545 e. The van der Waals surface area contributed by atoms with Gasteiger partial charge in [0.2, 0.25) is 0 Å². The molecule has 0 fully saturated rings. The molecular formula is C40H43N2O10S2+. The summed E-state index contributed by atoms with van der Waals surface area (Å²) >= 11 is 3.79. The summed E-state index contributed by atoms with van der Waals surface area (Å²) in [7, 11) is 3.39. The summed E-state index contributed by atoms with van der Waals surface area (Å²) in [5.74, 6) is -0.592. The van der Waals surface area contributed by atoms with Crippen molar-refractivity contribution in [3.63, 3.8) is 0 Å². The van der Waals surface area contributed by atoms with Gasteiger partial charge in [-0.05, 0) is 66.7 Å². The molecule has 2 aliphatic rings. The first-order valence-electron chi connectivity index (χ1n) is 17.0. The van der Waals surface area contributed by atoms with Gasteiger partial charge in [0.25, 0.3) is 0 Å². The van der Waals surface area contributed by atoms with Crippen LogP contribution < -0.4 is 24.4 Å². The zero-order chi connectivity index (χ0) is 39.0. The zero-order valence-corrected chi connectivity index (χ0v) is 31.5. The fourth-order valence-corrected chi connectivity index (χ4v) is 7.98. The van der Waals surface area contributed by atoms with Crippen molar-refractivity contribution >= 4 is 47.4 Å². The average molecular weight is 776 g/mol. The third-order valence-electron chi connectivity index (χ3n) is 8.51. The van der Waals surface area contributed by atoms with Crippen molar-refractivity contribution in [1.82, 2.24) is 0 Å². The lowest BCUT2D eigenvalue weighted by atomic mass is 10.1. The summed E-state index contributed by atoms with van der Waals surface area (Å²) in [6.07, 6.45) is 0.942. The highest BCUT2D eigenvalue weighted by Gasteiger charge is 2.20. The molecule has 284 valence electrons. The molecule has 6 rings (SSSR count). The Balaban J connectivity index is 0.000000201. The van der Waals surface area contributed by atoms with Crippen LogP contribution in [0.25, 0.3) is 0 Å². The molecule has 0 saturated heterocycles. The van der Waals surface area contributed by atoms with Gasteiger partial charge in [0.15, 0.2) is 0 Å². The van der Waals surface area contributed by atoms with Gasteiger partial charge in [-0.2, -0.15) is 0 Å². The standard InChI is InChI=1S/2C18H19NO3S.C4H4O4/c2*1-22-16-6-7-17-15(10-16)12-19(8-9-23-17)11-13-2-4-14(5-3-13)18(20)21;5-3(6)1-2-4(7)8/h2*2-7,10H,8-9,11-12H2,1H3,(H,20,21);1-2H,(H,5,6)(H,7,8)/p+1/b;;2-1+. The van der Waals surface area contributed by atoms with Gasteiger partial charge < -0.3 is 44.5 Å². The Morgan fingerprint density at radius 3 is 1.37 bits per heavy atom. The zero-order valence-electron chi connectivity index (χ0n) is 29.9. The molecule has 4 aromatic carbocycles. The normalized spacial score (nSPS) is 16.0. The predicted molar refractivity (Wildman–Crippen MR) is 202 cm³/mol. The molecule has 54 heavy (non-hydrogen) atoms. The SMILES string of the molecule is COc1ccc2c(c1)C[NH+](Cc1ccc(C(=O)O)cc1)CCS2.COc1ccc2c(c1)C[NH+](Cc1ccc(C(=O)O)cc1)CCS2.O=C([O-])/C=C/C(=O)O. The second kappa shape index (κ2) is 20.8. The maximum atomic E-state index is 10.9. The van der Waals surface area contributed by atoms with Gasteiger partial charge in [0.05, 0.1) is 44.4 Å². The van der Waals surface area contributed by atoms with Gasteiger partial charge in [-0.1, -0.05) is 24.3 Å². The van der Waals surface area contributed by atoms with Crippen LogP contribution in [0.4, 0.5) is 0 Å². The molecule has 0 spiro atoms. The number of ether oxygens (including phenoxy) is 2. The number of nitrogens with one attached hydrogen (secondary N) is 2. The molecule has 0 radical (unpaired) electrons. The summed E-state index contributed by atoms with van der Waals surface area (Å²) in [6, 6.07) is 27.0. The van der Waals surface area contributed by atoms with Gasteiger partial charge in [-0.15, -0.1) is 23.5 Å². The number of hydrogen-bond donors (Lipinski definition) is 5. The Labute approximate surface area is 322 Å². The molecule has 0 aromatic heterocycles. The number of thioether (sulfide) groups is 2. The Hall–Kier alpha value is -5.28. The molecule has 14 heteroatoms. The van der Waals surface area contributed by atoms with Gasteiger partial charge in [-0.25, -0.2) is 14.4 Å². The maximum absolute atomic E-state index is 10.9. The number of carboxylic acids is 4. The smallest absolute Gasteiger partial charge is 0.335 e. The lowest BCUT2D eigenvalue weighted by Crippen LogP contribution is -3.09. The second-order valence-electron chi connectivity index (χ2n) is 12.3. The van der Waals surface area contributed by atoms with Gasteiger partial charge in [0, 0.05) is 49.6 Å². The Kier molecular flexibility index (Phi) is 16.0. The lowest BCUT2D eigenvalue weighted by molar-refractivity contribution is -0.925. The van der Waals surface area contributed by atoms with Crippen molar-refractivity contribution in [1.29, 1.82) is 0 Å². The number of hydrogen-bond acceptors (Lipinski definition) is 9. The molecule has 2 unspecified atom stereocenters. The molecule has 12 nitrogen and oxygen atoms in total. The number of quaternary nitrogens is 2. The summed E-state index contributed by atoms with van der Waals surface area (Å²) in [5.41, 5.74) is 5.66. The number of aromatic carboxylic acids is 2. The van der Waals surface area contributed by atoms with E-state index in [-0.39, 0.29) is 0 Å². The van der Waals surface area contributed by atoms with E-state index < -0.39 is 23.9 Å². The number of carbonyl (C=O) groups is 4. The first-order valence-corrected chi connectivity index (χ1v) is 18.9. The number of benzene rings is 4. The lowest BCUT2D eigenvalue weighted by Gasteiger charge is -2.17. The monoisotopic (exact) mass is 775 g/mol. The van der Waals surface area contributed by atoms with Crippen molar-refractivity contribution in [2.75, 3.05) is 38.8 Å². The number of fused-ring (bicyclic) bond motifs is 2. The minimum atomic E-state index is -1.51. The molecule has 4 aromatic rings. The Bertz CT molecular complexity index is 1800. The molecule has 0 amide bonds. The maximum Gasteiger partial charge on any atom is 0.335 e. The summed E-state index contributed by atoms with van der Waals surface area (Å²) in [6.45, 7) is 5.89. The number of carboxylic acid groups (broad SMARTS) is 4. The van der Waals surface area contributed by atoms with E-state index in [2.05, 4.69) is 24.3 Å². The number of methoxy groups -OCH3 is 2. The Morgan fingerprint density at radius 1 is 0.648 bits per heavy atom.